The molecule has 0 bridgehead atoms. The number of carbonyl (C=O) groups is 2. The minimum Gasteiger partial charge on any atom is -0.465 e. The SMILES string of the molecule is Cc1cc(NC(=O)O)nc(C)c1CNC(=O)c1cn[nH]c1. The van der Waals surface area contributed by atoms with Crippen molar-refractivity contribution in [1.82, 2.24) is 20.5 Å². The number of H-pyrrole nitrogens is 1. The van der Waals surface area contributed by atoms with E-state index >= 15 is 0 Å². The number of anilines is 1. The summed E-state index contributed by atoms with van der Waals surface area (Å²) in [6.45, 7) is 3.91. The van der Waals surface area contributed by atoms with Gasteiger partial charge in [-0.3, -0.25) is 15.2 Å². The lowest BCUT2D eigenvalue weighted by Crippen LogP contribution is -2.23. The first-order valence-electron chi connectivity index (χ1n) is 6.21. The number of hydrogen-bond acceptors (Lipinski definition) is 4. The predicted molar refractivity (Wildman–Crippen MR) is 75.1 cm³/mol. The van der Waals surface area contributed by atoms with Crippen molar-refractivity contribution in [1.29, 1.82) is 0 Å². The van der Waals surface area contributed by atoms with Crippen molar-refractivity contribution in [3.8, 4) is 0 Å². The third-order valence-electron chi connectivity index (χ3n) is 2.98. The highest BCUT2D eigenvalue weighted by Gasteiger charge is 2.11. The molecule has 2 aromatic rings. The standard InChI is InChI=1S/C13H15N5O3/c1-7-3-11(18-13(20)21)17-8(2)10(7)6-14-12(19)9-4-15-16-5-9/h3-5H,6H2,1-2H3,(H,14,19)(H,15,16)(H,17,18)(H,20,21). The minimum absolute atomic E-state index is 0.240. The minimum atomic E-state index is -1.16. The first kappa shape index (κ1) is 14.5. The predicted octanol–water partition coefficient (Wildman–Crippen LogP) is 1.44. The Hall–Kier alpha value is -2.90. The number of aromatic amines is 1. The first-order valence-corrected chi connectivity index (χ1v) is 6.21. The number of nitrogens with one attached hydrogen (secondary N) is 3. The number of carbonyl (C=O) groups excluding carboxylic acids is 1. The maximum Gasteiger partial charge on any atom is 0.410 e. The Labute approximate surface area is 120 Å². The number of carboxylic acid groups (broad SMARTS) is 1. The number of amides is 2. The monoisotopic (exact) mass is 289 g/mol. The molecule has 0 unspecified atom stereocenters. The van der Waals surface area contributed by atoms with Crippen LogP contribution >= 0.6 is 0 Å². The lowest BCUT2D eigenvalue weighted by atomic mass is 10.1. The summed E-state index contributed by atoms with van der Waals surface area (Å²) in [5, 5.41) is 19.9. The summed E-state index contributed by atoms with van der Waals surface area (Å²) in [4.78, 5) is 26.6. The Bertz CT molecular complexity index is 643. The quantitative estimate of drug-likeness (QED) is 0.679. The average molecular weight is 289 g/mol. The van der Waals surface area contributed by atoms with Crippen LogP contribution in [0, 0.1) is 13.8 Å². The molecule has 2 aromatic heterocycles. The van der Waals surface area contributed by atoms with Gasteiger partial charge in [0.05, 0.1) is 11.8 Å². The average Bonchev–Trinajstić information content (AvgIpc) is 2.90. The van der Waals surface area contributed by atoms with Crippen molar-refractivity contribution in [2.75, 3.05) is 5.32 Å². The lowest BCUT2D eigenvalue weighted by Gasteiger charge is -2.12. The molecule has 2 heterocycles. The van der Waals surface area contributed by atoms with Gasteiger partial charge in [-0.2, -0.15) is 5.10 Å². The van der Waals surface area contributed by atoms with E-state index in [2.05, 4.69) is 25.8 Å². The van der Waals surface area contributed by atoms with Crippen LogP contribution in [0.25, 0.3) is 0 Å². The summed E-state index contributed by atoms with van der Waals surface area (Å²) in [5.74, 6) is 0.0256. The van der Waals surface area contributed by atoms with Crippen LogP contribution in [0.3, 0.4) is 0 Å². The second-order valence-corrected chi connectivity index (χ2v) is 4.49. The number of nitrogens with zero attached hydrogens (tertiary/aromatic N) is 2. The molecular weight excluding hydrogens is 274 g/mol. The van der Waals surface area contributed by atoms with E-state index in [0.29, 0.717) is 17.8 Å². The van der Waals surface area contributed by atoms with Gasteiger partial charge in [-0.1, -0.05) is 0 Å². The molecule has 8 nitrogen and oxygen atoms in total. The van der Waals surface area contributed by atoms with E-state index in [9.17, 15) is 9.59 Å². The number of rotatable bonds is 4. The molecule has 0 saturated carbocycles. The number of aromatic nitrogens is 3. The van der Waals surface area contributed by atoms with Gasteiger partial charge in [0, 0.05) is 18.4 Å². The van der Waals surface area contributed by atoms with E-state index in [-0.39, 0.29) is 11.7 Å². The van der Waals surface area contributed by atoms with E-state index in [1.807, 2.05) is 6.92 Å². The van der Waals surface area contributed by atoms with E-state index in [1.54, 1.807) is 13.0 Å². The van der Waals surface area contributed by atoms with Crippen LogP contribution in [-0.4, -0.2) is 32.3 Å². The fraction of sp³-hybridized carbons (Fsp3) is 0.231. The summed E-state index contributed by atoms with van der Waals surface area (Å²) < 4.78 is 0. The van der Waals surface area contributed by atoms with Gasteiger partial charge < -0.3 is 10.4 Å². The topological polar surface area (TPSA) is 120 Å². The van der Waals surface area contributed by atoms with Crippen molar-refractivity contribution in [2.24, 2.45) is 0 Å². The summed E-state index contributed by atoms with van der Waals surface area (Å²) in [5.41, 5.74) is 2.80. The van der Waals surface area contributed by atoms with Crippen molar-refractivity contribution in [3.05, 3.63) is 40.8 Å². The highest BCUT2D eigenvalue weighted by molar-refractivity contribution is 5.93. The highest BCUT2D eigenvalue weighted by atomic mass is 16.4. The molecule has 0 aliphatic heterocycles. The molecular formula is C13H15N5O3. The van der Waals surface area contributed by atoms with Gasteiger partial charge in [-0.05, 0) is 31.0 Å². The van der Waals surface area contributed by atoms with Crippen LogP contribution in [0.2, 0.25) is 0 Å². The first-order chi connectivity index (χ1) is 9.97. The molecule has 0 spiro atoms. The summed E-state index contributed by atoms with van der Waals surface area (Å²) in [6.07, 6.45) is 1.78. The molecule has 0 saturated heterocycles. The van der Waals surface area contributed by atoms with Crippen LogP contribution in [0.1, 0.15) is 27.2 Å². The van der Waals surface area contributed by atoms with Crippen LogP contribution in [0.4, 0.5) is 10.6 Å². The zero-order valence-electron chi connectivity index (χ0n) is 11.6. The molecule has 110 valence electrons. The van der Waals surface area contributed by atoms with Crippen molar-refractivity contribution >= 4 is 17.8 Å². The number of aryl methyl sites for hydroxylation is 2. The summed E-state index contributed by atoms with van der Waals surface area (Å²) in [6, 6.07) is 1.63. The molecule has 0 radical (unpaired) electrons. The fourth-order valence-corrected chi connectivity index (χ4v) is 1.94. The normalized spacial score (nSPS) is 10.2. The zero-order chi connectivity index (χ0) is 15.4. The Balaban J connectivity index is 2.10. The number of hydrogen-bond donors (Lipinski definition) is 4. The molecule has 4 N–H and O–H groups in total. The van der Waals surface area contributed by atoms with Gasteiger partial charge in [0.25, 0.3) is 5.91 Å². The molecule has 2 amide bonds. The highest BCUT2D eigenvalue weighted by Crippen LogP contribution is 2.16. The molecule has 0 aliphatic carbocycles. The molecule has 0 aliphatic rings. The Morgan fingerprint density at radius 2 is 2.14 bits per heavy atom. The Kier molecular flexibility index (Phi) is 4.17. The van der Waals surface area contributed by atoms with E-state index in [1.165, 1.54) is 12.4 Å². The zero-order valence-corrected chi connectivity index (χ0v) is 11.6. The Morgan fingerprint density at radius 1 is 1.38 bits per heavy atom. The summed E-state index contributed by atoms with van der Waals surface area (Å²) in [7, 11) is 0. The van der Waals surface area contributed by atoms with Gasteiger partial charge in [0.1, 0.15) is 5.82 Å². The van der Waals surface area contributed by atoms with Crippen LogP contribution in [0.15, 0.2) is 18.5 Å². The van der Waals surface area contributed by atoms with E-state index in [4.69, 9.17) is 5.11 Å². The maximum atomic E-state index is 11.8. The second kappa shape index (κ2) is 6.04. The largest absolute Gasteiger partial charge is 0.465 e. The Morgan fingerprint density at radius 3 is 2.71 bits per heavy atom. The fourth-order valence-electron chi connectivity index (χ4n) is 1.94. The van der Waals surface area contributed by atoms with Crippen molar-refractivity contribution < 1.29 is 14.7 Å². The molecule has 0 aromatic carbocycles. The van der Waals surface area contributed by atoms with Gasteiger partial charge >= 0.3 is 6.09 Å². The molecule has 0 fully saturated rings. The summed E-state index contributed by atoms with van der Waals surface area (Å²) >= 11 is 0. The third-order valence-corrected chi connectivity index (χ3v) is 2.98. The van der Waals surface area contributed by atoms with E-state index in [0.717, 1.165) is 11.1 Å². The van der Waals surface area contributed by atoms with Crippen LogP contribution in [0.5, 0.6) is 0 Å². The third kappa shape index (κ3) is 3.56. The van der Waals surface area contributed by atoms with E-state index < -0.39 is 6.09 Å². The second-order valence-electron chi connectivity index (χ2n) is 4.49. The maximum absolute atomic E-state index is 11.8. The van der Waals surface area contributed by atoms with Gasteiger partial charge in [-0.25, -0.2) is 9.78 Å². The smallest absolute Gasteiger partial charge is 0.410 e. The number of pyridine rings is 1. The van der Waals surface area contributed by atoms with Gasteiger partial charge in [0.15, 0.2) is 0 Å². The van der Waals surface area contributed by atoms with Crippen LogP contribution < -0.4 is 10.6 Å². The van der Waals surface area contributed by atoms with Crippen molar-refractivity contribution in [2.45, 2.75) is 20.4 Å². The molecule has 2 rings (SSSR count). The molecule has 8 heteroatoms. The molecule has 0 atom stereocenters. The van der Waals surface area contributed by atoms with Gasteiger partial charge in [0.2, 0.25) is 0 Å². The lowest BCUT2D eigenvalue weighted by molar-refractivity contribution is 0.0951. The van der Waals surface area contributed by atoms with Crippen molar-refractivity contribution in [3.63, 3.8) is 0 Å². The van der Waals surface area contributed by atoms with Gasteiger partial charge in [-0.15, -0.1) is 0 Å². The molecule has 21 heavy (non-hydrogen) atoms. The van der Waals surface area contributed by atoms with Crippen LogP contribution in [-0.2, 0) is 6.54 Å².